The quantitative estimate of drug-likeness (QED) is 0.737. The predicted octanol–water partition coefficient (Wildman–Crippen LogP) is 1.84. The van der Waals surface area contributed by atoms with E-state index in [1.165, 1.54) is 37.4 Å². The van der Waals surface area contributed by atoms with Gasteiger partial charge in [0, 0.05) is 0 Å². The van der Waals surface area contributed by atoms with Gasteiger partial charge < -0.3 is 9.47 Å². The summed E-state index contributed by atoms with van der Waals surface area (Å²) < 4.78 is 48.7. The molecule has 0 aromatic heterocycles. The first-order valence-electron chi connectivity index (χ1n) is 7.53. The number of halogens is 1. The van der Waals surface area contributed by atoms with Crippen molar-refractivity contribution in [3.8, 4) is 5.75 Å². The Hall–Kier alpha value is -2.94. The zero-order valence-corrected chi connectivity index (χ0v) is 14.5. The highest BCUT2D eigenvalue weighted by molar-refractivity contribution is 7.90. The maximum atomic E-state index is 13.6. The van der Waals surface area contributed by atoms with Crippen LogP contribution in [0.2, 0.25) is 0 Å². The Morgan fingerprint density at radius 2 is 1.92 bits per heavy atom. The van der Waals surface area contributed by atoms with Crippen LogP contribution >= 0.6 is 0 Å². The number of nitrogens with zero attached hydrogens (tertiary/aromatic N) is 1. The fourth-order valence-electron chi connectivity index (χ4n) is 2.55. The predicted molar refractivity (Wildman–Crippen MR) is 87.9 cm³/mol. The van der Waals surface area contributed by atoms with Gasteiger partial charge in [0.1, 0.15) is 11.5 Å². The molecule has 26 heavy (non-hydrogen) atoms. The average Bonchev–Trinajstić information content (AvgIpc) is 2.82. The number of carbonyl (C=O) groups is 2. The first-order valence-corrected chi connectivity index (χ1v) is 8.97. The van der Waals surface area contributed by atoms with Crippen molar-refractivity contribution in [2.45, 2.75) is 4.90 Å². The molecule has 1 aliphatic heterocycles. The molecule has 1 heterocycles. The average molecular weight is 379 g/mol. The first-order chi connectivity index (χ1) is 12.4. The molecule has 0 atom stereocenters. The number of carbonyl (C=O) groups excluding carboxylic acids is 2. The summed E-state index contributed by atoms with van der Waals surface area (Å²) in [5.74, 6) is -2.26. The monoisotopic (exact) mass is 379 g/mol. The van der Waals surface area contributed by atoms with Gasteiger partial charge in [0.05, 0.1) is 24.8 Å². The number of hydrogen-bond donors (Lipinski definition) is 0. The molecule has 1 amide bonds. The molecule has 0 unspecified atom stereocenters. The Labute approximate surface area is 149 Å². The van der Waals surface area contributed by atoms with E-state index in [0.29, 0.717) is 4.31 Å². The van der Waals surface area contributed by atoms with Crippen molar-refractivity contribution >= 4 is 21.9 Å². The molecule has 136 valence electrons. The largest absolute Gasteiger partial charge is 0.494 e. The third-order valence-corrected chi connectivity index (χ3v) is 5.67. The van der Waals surface area contributed by atoms with Gasteiger partial charge in [0.2, 0.25) is 0 Å². The van der Waals surface area contributed by atoms with Crippen LogP contribution in [0.5, 0.6) is 5.75 Å². The van der Waals surface area contributed by atoms with Gasteiger partial charge in [0.25, 0.3) is 15.9 Å². The fourth-order valence-corrected chi connectivity index (χ4v) is 4.10. The molecule has 9 heteroatoms. The van der Waals surface area contributed by atoms with Gasteiger partial charge in [-0.15, -0.1) is 0 Å². The van der Waals surface area contributed by atoms with E-state index in [-0.39, 0.29) is 34.9 Å². The van der Waals surface area contributed by atoms with Crippen LogP contribution in [0.15, 0.2) is 47.4 Å². The van der Waals surface area contributed by atoms with Crippen molar-refractivity contribution in [2.24, 2.45) is 0 Å². The number of sulfonamides is 1. The minimum absolute atomic E-state index is 0.0203. The van der Waals surface area contributed by atoms with Crippen molar-refractivity contribution in [3.05, 3.63) is 59.4 Å². The first kappa shape index (κ1) is 17.9. The topological polar surface area (TPSA) is 90.0 Å². The number of rotatable bonds is 5. The van der Waals surface area contributed by atoms with Gasteiger partial charge in [-0.25, -0.2) is 21.9 Å². The van der Waals surface area contributed by atoms with Gasteiger partial charge in [-0.05, 0) is 30.3 Å². The second kappa shape index (κ2) is 6.75. The Kier molecular flexibility index (Phi) is 4.64. The number of ether oxygens (including phenoxy) is 2. The van der Waals surface area contributed by atoms with Crippen molar-refractivity contribution in [1.29, 1.82) is 0 Å². The van der Waals surface area contributed by atoms with E-state index in [1.54, 1.807) is 6.07 Å². The minimum Gasteiger partial charge on any atom is -0.494 e. The summed E-state index contributed by atoms with van der Waals surface area (Å²) in [5.41, 5.74) is 0.0262. The highest BCUT2D eigenvalue weighted by Gasteiger charge is 2.40. The van der Waals surface area contributed by atoms with Crippen molar-refractivity contribution in [2.75, 3.05) is 20.3 Å². The third-order valence-electron chi connectivity index (χ3n) is 3.83. The number of esters is 1. The Bertz CT molecular complexity index is 988. The van der Waals surface area contributed by atoms with Gasteiger partial charge in [0.15, 0.2) is 11.6 Å². The van der Waals surface area contributed by atoms with E-state index >= 15 is 0 Å². The van der Waals surface area contributed by atoms with E-state index in [0.717, 1.165) is 6.07 Å². The van der Waals surface area contributed by atoms with Crippen LogP contribution in [0.25, 0.3) is 0 Å². The van der Waals surface area contributed by atoms with E-state index in [9.17, 15) is 22.4 Å². The molecule has 2 aromatic rings. The molecule has 0 aliphatic carbocycles. The molecule has 0 saturated heterocycles. The summed E-state index contributed by atoms with van der Waals surface area (Å²) in [6.45, 7) is -0.689. The Morgan fingerprint density at radius 3 is 2.58 bits per heavy atom. The highest BCUT2D eigenvalue weighted by atomic mass is 32.2. The summed E-state index contributed by atoms with van der Waals surface area (Å²) in [6, 6.07) is 9.39. The molecule has 3 rings (SSSR count). The summed E-state index contributed by atoms with van der Waals surface area (Å²) in [5, 5.41) is 0. The van der Waals surface area contributed by atoms with E-state index < -0.39 is 27.7 Å². The summed E-state index contributed by atoms with van der Waals surface area (Å²) in [4.78, 5) is 24.1. The summed E-state index contributed by atoms with van der Waals surface area (Å²) >= 11 is 0. The number of methoxy groups -OCH3 is 1. The lowest BCUT2D eigenvalue weighted by atomic mass is 10.2. The lowest BCUT2D eigenvalue weighted by Gasteiger charge is -2.15. The molecule has 2 aromatic carbocycles. The van der Waals surface area contributed by atoms with Crippen molar-refractivity contribution in [1.82, 2.24) is 4.31 Å². The van der Waals surface area contributed by atoms with Crippen LogP contribution < -0.4 is 4.74 Å². The number of hydrogen-bond acceptors (Lipinski definition) is 6. The summed E-state index contributed by atoms with van der Waals surface area (Å²) in [7, 11) is -2.66. The molecule has 0 N–H and O–H groups in total. The Balaban J connectivity index is 1.66. The zero-order valence-electron chi connectivity index (χ0n) is 13.6. The molecule has 0 fully saturated rings. The molecule has 0 spiro atoms. The maximum absolute atomic E-state index is 13.6. The molecule has 0 radical (unpaired) electrons. The second-order valence-corrected chi connectivity index (χ2v) is 7.19. The van der Waals surface area contributed by atoms with Crippen LogP contribution in [-0.4, -0.2) is 44.9 Å². The maximum Gasteiger partial charge on any atom is 0.338 e. The number of benzene rings is 2. The molecule has 7 nitrogen and oxygen atoms in total. The standard InChI is InChI=1S/C17H14FNO6S/c1-24-14-7-6-11(10-13(14)18)17(21)25-9-8-19-16(20)12-4-2-3-5-15(12)26(19,22)23/h2-7,10H,8-9H2,1H3. The minimum atomic E-state index is -3.96. The second-order valence-electron chi connectivity index (χ2n) is 5.36. The highest BCUT2D eigenvalue weighted by Crippen LogP contribution is 2.29. The van der Waals surface area contributed by atoms with Gasteiger partial charge >= 0.3 is 5.97 Å². The van der Waals surface area contributed by atoms with E-state index in [2.05, 4.69) is 0 Å². The molecular weight excluding hydrogens is 365 g/mol. The van der Waals surface area contributed by atoms with Crippen LogP contribution in [0.4, 0.5) is 4.39 Å². The van der Waals surface area contributed by atoms with E-state index in [4.69, 9.17) is 9.47 Å². The third kappa shape index (κ3) is 3.01. The van der Waals surface area contributed by atoms with Crippen LogP contribution in [0.3, 0.4) is 0 Å². The molecule has 1 aliphatic rings. The van der Waals surface area contributed by atoms with Crippen LogP contribution in [-0.2, 0) is 14.8 Å². The lowest BCUT2D eigenvalue weighted by Crippen LogP contribution is -2.33. The smallest absolute Gasteiger partial charge is 0.338 e. The molecule has 0 bridgehead atoms. The normalized spacial score (nSPS) is 14.8. The van der Waals surface area contributed by atoms with Gasteiger partial charge in [-0.2, -0.15) is 0 Å². The molecular formula is C17H14FNO6S. The van der Waals surface area contributed by atoms with Crippen molar-refractivity contribution < 1.29 is 31.9 Å². The summed E-state index contributed by atoms with van der Waals surface area (Å²) in [6.07, 6.45) is 0. The fraction of sp³-hybridized carbons (Fsp3) is 0.176. The number of amides is 1. The molecule has 0 saturated carbocycles. The SMILES string of the molecule is COc1ccc(C(=O)OCCN2C(=O)c3ccccc3S2(=O)=O)cc1F. The number of fused-ring (bicyclic) bond motifs is 1. The van der Waals surface area contributed by atoms with Gasteiger partial charge in [-0.3, -0.25) is 4.79 Å². The van der Waals surface area contributed by atoms with Crippen molar-refractivity contribution in [3.63, 3.8) is 0 Å². The zero-order chi connectivity index (χ0) is 18.9. The van der Waals surface area contributed by atoms with Gasteiger partial charge in [-0.1, -0.05) is 12.1 Å². The lowest BCUT2D eigenvalue weighted by molar-refractivity contribution is 0.0477. The van der Waals surface area contributed by atoms with E-state index in [1.807, 2.05) is 0 Å². The Morgan fingerprint density at radius 1 is 1.19 bits per heavy atom. The van der Waals surface area contributed by atoms with Crippen LogP contribution in [0, 0.1) is 5.82 Å². The van der Waals surface area contributed by atoms with Crippen LogP contribution in [0.1, 0.15) is 20.7 Å².